The summed E-state index contributed by atoms with van der Waals surface area (Å²) in [4.78, 5) is 25.1. The summed E-state index contributed by atoms with van der Waals surface area (Å²) in [6.45, 7) is 10.7. The molecule has 5 nitrogen and oxygen atoms in total. The topological polar surface area (TPSA) is 62.6 Å². The minimum Gasteiger partial charge on any atom is -0.349 e. The summed E-state index contributed by atoms with van der Waals surface area (Å²) < 4.78 is 0. The molecule has 3 N–H and O–H groups in total. The second kappa shape index (κ2) is 9.42. The first-order valence-electron chi connectivity index (χ1n) is 8.71. The van der Waals surface area contributed by atoms with E-state index in [1.54, 1.807) is 0 Å². The van der Waals surface area contributed by atoms with Crippen molar-refractivity contribution in [3.05, 3.63) is 28.8 Å². The van der Waals surface area contributed by atoms with Crippen LogP contribution in [-0.4, -0.2) is 38.0 Å². The van der Waals surface area contributed by atoms with E-state index < -0.39 is 0 Å². The van der Waals surface area contributed by atoms with E-state index in [-0.39, 0.29) is 24.4 Å². The Bertz CT molecular complexity index is 561. The van der Waals surface area contributed by atoms with Crippen LogP contribution in [0.4, 0.5) is 5.69 Å². The zero-order valence-corrected chi connectivity index (χ0v) is 15.9. The number of benzene rings is 1. The van der Waals surface area contributed by atoms with E-state index in [2.05, 4.69) is 29.7 Å². The van der Waals surface area contributed by atoms with Crippen LogP contribution in [0.5, 0.6) is 0 Å². The third kappa shape index (κ3) is 6.71. The van der Waals surface area contributed by atoms with Crippen LogP contribution < -0.4 is 15.5 Å². The van der Waals surface area contributed by atoms with Gasteiger partial charge < -0.3 is 15.5 Å². The van der Waals surface area contributed by atoms with Gasteiger partial charge in [0.1, 0.15) is 0 Å². The third-order valence-electron chi connectivity index (χ3n) is 4.00. The molecule has 2 amide bonds. The van der Waals surface area contributed by atoms with Crippen LogP contribution in [0.15, 0.2) is 12.1 Å². The second-order valence-electron chi connectivity index (χ2n) is 6.89. The Labute approximate surface area is 145 Å². The molecule has 0 aliphatic carbocycles. The van der Waals surface area contributed by atoms with Crippen molar-refractivity contribution in [1.82, 2.24) is 5.32 Å². The van der Waals surface area contributed by atoms with Gasteiger partial charge in [0.15, 0.2) is 13.1 Å². The summed E-state index contributed by atoms with van der Waals surface area (Å²) in [6.07, 6.45) is 2.01. The molecule has 0 saturated heterocycles. The number of rotatable bonds is 8. The molecule has 0 aromatic heterocycles. The van der Waals surface area contributed by atoms with Gasteiger partial charge >= 0.3 is 0 Å². The van der Waals surface area contributed by atoms with Crippen molar-refractivity contribution in [2.45, 2.75) is 53.5 Å². The number of anilines is 1. The Morgan fingerprint density at radius 1 is 1.08 bits per heavy atom. The van der Waals surface area contributed by atoms with E-state index in [1.807, 2.05) is 34.7 Å². The van der Waals surface area contributed by atoms with Gasteiger partial charge in [0.2, 0.25) is 0 Å². The van der Waals surface area contributed by atoms with E-state index in [4.69, 9.17) is 0 Å². The Morgan fingerprint density at radius 3 is 2.17 bits per heavy atom. The molecule has 134 valence electrons. The molecule has 1 aromatic carbocycles. The van der Waals surface area contributed by atoms with Crippen LogP contribution in [0.2, 0.25) is 0 Å². The molecule has 0 saturated carbocycles. The maximum absolute atomic E-state index is 12.3. The largest absolute Gasteiger partial charge is 0.349 e. The molecule has 0 radical (unpaired) electrons. The van der Waals surface area contributed by atoms with Gasteiger partial charge in [-0.15, -0.1) is 0 Å². The van der Waals surface area contributed by atoms with E-state index >= 15 is 0 Å². The van der Waals surface area contributed by atoms with E-state index in [9.17, 15) is 9.59 Å². The molecule has 1 rings (SSSR count). The first-order chi connectivity index (χ1) is 11.2. The lowest BCUT2D eigenvalue weighted by Gasteiger charge is -2.17. The second-order valence-corrected chi connectivity index (χ2v) is 6.89. The van der Waals surface area contributed by atoms with E-state index in [0.29, 0.717) is 6.54 Å². The van der Waals surface area contributed by atoms with Crippen LogP contribution in [0.1, 0.15) is 43.4 Å². The Hall–Kier alpha value is -1.88. The number of carbonyl (C=O) groups excluding carboxylic acids is 2. The highest BCUT2D eigenvalue weighted by Gasteiger charge is 2.16. The SMILES string of the molecule is CCC[C@@H](C)NC(=O)C[NH+](C)CC(=O)Nc1c(C)cc(C)cc1C. The molecular weight excluding hydrogens is 302 g/mol. The van der Waals surface area contributed by atoms with Gasteiger partial charge in [0, 0.05) is 11.7 Å². The maximum atomic E-state index is 12.3. The lowest BCUT2D eigenvalue weighted by atomic mass is 10.1. The van der Waals surface area contributed by atoms with Crippen molar-refractivity contribution >= 4 is 17.5 Å². The predicted octanol–water partition coefficient (Wildman–Crippen LogP) is 1.37. The first kappa shape index (κ1) is 20.2. The Kier molecular flexibility index (Phi) is 7.92. The summed E-state index contributed by atoms with van der Waals surface area (Å²) in [5, 5.41) is 5.95. The standard InChI is InChI=1S/C19H31N3O2/c1-7-8-16(5)20-17(23)11-22(6)12-18(24)21-19-14(3)9-13(2)10-15(19)4/h9-10,16H,7-8,11-12H2,1-6H3,(H,20,23)(H,21,24)/p+1/t16-/m1/s1. The molecule has 24 heavy (non-hydrogen) atoms. The van der Waals surface area contributed by atoms with Gasteiger partial charge in [0.05, 0.1) is 7.05 Å². The highest BCUT2D eigenvalue weighted by atomic mass is 16.2. The smallest absolute Gasteiger partial charge is 0.279 e. The van der Waals surface area contributed by atoms with Gasteiger partial charge in [-0.1, -0.05) is 31.0 Å². The molecular formula is C19H32N3O2+. The average molecular weight is 334 g/mol. The fourth-order valence-electron chi connectivity index (χ4n) is 3.00. The summed E-state index contributed by atoms with van der Waals surface area (Å²) >= 11 is 0. The quantitative estimate of drug-likeness (QED) is 0.672. The minimum atomic E-state index is -0.0723. The molecule has 0 spiro atoms. The van der Waals surface area contributed by atoms with Gasteiger partial charge in [-0.2, -0.15) is 0 Å². The van der Waals surface area contributed by atoms with Gasteiger partial charge in [-0.05, 0) is 45.2 Å². The van der Waals surface area contributed by atoms with Crippen molar-refractivity contribution in [2.24, 2.45) is 0 Å². The fraction of sp³-hybridized carbons (Fsp3) is 0.579. The molecule has 1 unspecified atom stereocenters. The number of amides is 2. The number of likely N-dealkylation sites (N-methyl/N-ethyl adjacent to an activating group) is 1. The number of carbonyl (C=O) groups is 2. The van der Waals surface area contributed by atoms with Crippen molar-refractivity contribution in [2.75, 3.05) is 25.5 Å². The highest BCUT2D eigenvalue weighted by molar-refractivity contribution is 5.93. The maximum Gasteiger partial charge on any atom is 0.279 e. The zero-order valence-electron chi connectivity index (χ0n) is 15.9. The van der Waals surface area contributed by atoms with Crippen molar-refractivity contribution in [3.63, 3.8) is 0 Å². The lowest BCUT2D eigenvalue weighted by Crippen LogP contribution is -3.11. The molecule has 0 bridgehead atoms. The normalized spacial score (nSPS) is 13.2. The van der Waals surface area contributed by atoms with Gasteiger partial charge in [-0.3, -0.25) is 9.59 Å². The Balaban J connectivity index is 2.52. The summed E-state index contributed by atoms with van der Waals surface area (Å²) in [5.74, 6) is -0.0825. The van der Waals surface area contributed by atoms with Crippen LogP contribution in [0.3, 0.4) is 0 Å². The molecule has 5 heteroatoms. The number of quaternary nitrogens is 1. The first-order valence-corrected chi connectivity index (χ1v) is 8.71. The van der Waals surface area contributed by atoms with Crippen LogP contribution in [-0.2, 0) is 9.59 Å². The summed E-state index contributed by atoms with van der Waals surface area (Å²) in [5.41, 5.74) is 4.18. The van der Waals surface area contributed by atoms with Crippen molar-refractivity contribution in [3.8, 4) is 0 Å². The molecule has 0 aliphatic rings. The van der Waals surface area contributed by atoms with Crippen LogP contribution in [0, 0.1) is 20.8 Å². The zero-order chi connectivity index (χ0) is 18.3. The number of nitrogens with one attached hydrogen (secondary N) is 3. The van der Waals surface area contributed by atoms with Gasteiger partial charge in [-0.25, -0.2) is 0 Å². The molecule has 0 fully saturated rings. The molecule has 0 heterocycles. The number of hydrogen-bond acceptors (Lipinski definition) is 2. The average Bonchev–Trinajstić information content (AvgIpc) is 2.42. The third-order valence-corrected chi connectivity index (χ3v) is 4.00. The lowest BCUT2D eigenvalue weighted by molar-refractivity contribution is -0.862. The molecule has 2 atom stereocenters. The predicted molar refractivity (Wildman–Crippen MR) is 98.4 cm³/mol. The number of aryl methyl sites for hydroxylation is 3. The fourth-order valence-corrected chi connectivity index (χ4v) is 3.00. The van der Waals surface area contributed by atoms with Gasteiger partial charge in [0.25, 0.3) is 11.8 Å². The monoisotopic (exact) mass is 334 g/mol. The van der Waals surface area contributed by atoms with E-state index in [1.165, 1.54) is 5.56 Å². The molecule has 1 aromatic rings. The summed E-state index contributed by atoms with van der Waals surface area (Å²) in [6, 6.07) is 4.30. The number of hydrogen-bond donors (Lipinski definition) is 3. The molecule has 0 aliphatic heterocycles. The minimum absolute atomic E-state index is 0.0102. The van der Waals surface area contributed by atoms with Crippen molar-refractivity contribution < 1.29 is 14.5 Å². The Morgan fingerprint density at radius 2 is 1.62 bits per heavy atom. The van der Waals surface area contributed by atoms with Crippen LogP contribution in [0.25, 0.3) is 0 Å². The summed E-state index contributed by atoms with van der Waals surface area (Å²) in [7, 11) is 1.86. The van der Waals surface area contributed by atoms with Crippen LogP contribution >= 0.6 is 0 Å². The highest BCUT2D eigenvalue weighted by Crippen LogP contribution is 2.21. The van der Waals surface area contributed by atoms with E-state index in [0.717, 1.165) is 34.6 Å². The van der Waals surface area contributed by atoms with Crippen molar-refractivity contribution in [1.29, 1.82) is 0 Å².